The van der Waals surface area contributed by atoms with Gasteiger partial charge in [-0.2, -0.15) is 0 Å². The molecular formula is C42H26O. The SMILES string of the molecule is [2H]c1c([2H])c([2H])c(-c2c([2H])c([2H])c(-c3c4ccccc4c(-c4c([2H])c([2H])c5c([2H])c([2H])c([2H])c([2H])c5c4[2H])c4ccccc34)c3c2oc2c([2H])c([2H])c([2H])c([2H])c23)c([2H])c1[2H]. The zero-order valence-corrected chi connectivity index (χ0v) is 22.0. The van der Waals surface area contributed by atoms with Crippen LogP contribution in [0.5, 0.6) is 0 Å². The summed E-state index contributed by atoms with van der Waals surface area (Å²) in [5.74, 6) is 0. The van der Waals surface area contributed by atoms with Crippen molar-refractivity contribution < 1.29 is 29.1 Å². The standard InChI is InChI=1S/C42H26O/c1-2-13-28(14-3-1)31-24-25-37(41-36-20-10-11-21-38(36)43-42(31)41)40-34-18-8-6-16-32(34)39(33-17-7-9-19-35(33)40)30-23-22-27-12-4-5-15-29(27)26-30/h1-26H/i1D,2D,3D,4D,5D,10D,11D,12D,13D,14D,15D,20D,21D,22D,23D,24D,25D,26D. The molecule has 1 heterocycles. The molecule has 0 saturated carbocycles. The van der Waals surface area contributed by atoms with Crippen LogP contribution in [0.25, 0.3) is 87.6 Å². The average Bonchev–Trinajstić information content (AvgIpc) is 3.65. The van der Waals surface area contributed by atoms with Crippen molar-refractivity contribution in [3.8, 4) is 33.4 Å². The van der Waals surface area contributed by atoms with Crippen LogP contribution >= 0.6 is 0 Å². The van der Waals surface area contributed by atoms with Crippen LogP contribution in [0.1, 0.15) is 24.7 Å². The molecule has 9 rings (SSSR count). The summed E-state index contributed by atoms with van der Waals surface area (Å²) >= 11 is 0. The second-order valence-corrected chi connectivity index (χ2v) is 9.85. The van der Waals surface area contributed by atoms with Gasteiger partial charge in [0.25, 0.3) is 0 Å². The summed E-state index contributed by atoms with van der Waals surface area (Å²) in [5, 5.41) is 0.547. The van der Waals surface area contributed by atoms with Crippen molar-refractivity contribution >= 4 is 54.3 Å². The van der Waals surface area contributed by atoms with Gasteiger partial charge in [0, 0.05) is 16.3 Å². The van der Waals surface area contributed by atoms with Gasteiger partial charge in [0.05, 0.1) is 24.7 Å². The van der Waals surface area contributed by atoms with E-state index in [1.54, 1.807) is 48.5 Å². The summed E-state index contributed by atoms with van der Waals surface area (Å²) in [6.07, 6.45) is 0. The maximum absolute atomic E-state index is 9.73. The summed E-state index contributed by atoms with van der Waals surface area (Å²) in [6, 6.07) is 2.34. The van der Waals surface area contributed by atoms with Gasteiger partial charge in [-0.1, -0.05) is 139 Å². The van der Waals surface area contributed by atoms with E-state index >= 15 is 0 Å². The molecule has 0 saturated heterocycles. The first-order valence-electron chi connectivity index (χ1n) is 22.3. The number of benzene rings is 8. The molecule has 0 aliphatic rings. The summed E-state index contributed by atoms with van der Waals surface area (Å²) in [6.45, 7) is 0. The molecular weight excluding hydrogens is 520 g/mol. The molecule has 0 radical (unpaired) electrons. The molecule has 0 amide bonds. The molecule has 43 heavy (non-hydrogen) atoms. The lowest BCUT2D eigenvalue weighted by atomic mass is 9.84. The Morgan fingerprint density at radius 1 is 0.442 bits per heavy atom. The van der Waals surface area contributed by atoms with Crippen molar-refractivity contribution in [1.29, 1.82) is 0 Å². The number of hydrogen-bond acceptors (Lipinski definition) is 1. The van der Waals surface area contributed by atoms with Crippen LogP contribution in [0.3, 0.4) is 0 Å². The Kier molecular flexibility index (Phi) is 2.70. The third-order valence-corrected chi connectivity index (χ3v) is 7.56. The van der Waals surface area contributed by atoms with Crippen molar-refractivity contribution in [2.24, 2.45) is 0 Å². The van der Waals surface area contributed by atoms with E-state index in [-0.39, 0.29) is 55.0 Å². The predicted octanol–water partition coefficient (Wildman–Crippen LogP) is 12.0. The molecule has 0 spiro atoms. The minimum atomic E-state index is -0.727. The van der Waals surface area contributed by atoms with Gasteiger partial charge in [-0.3, -0.25) is 0 Å². The number of furan rings is 1. The molecule has 8 aromatic carbocycles. The van der Waals surface area contributed by atoms with Crippen LogP contribution in [0.2, 0.25) is 0 Å². The molecule has 0 atom stereocenters. The summed E-state index contributed by atoms with van der Waals surface area (Å²) < 4.78 is 165. The molecule has 0 fully saturated rings. The highest BCUT2D eigenvalue weighted by Crippen LogP contribution is 2.48. The zero-order chi connectivity index (χ0) is 44.0. The van der Waals surface area contributed by atoms with Crippen LogP contribution < -0.4 is 0 Å². The molecule has 1 heteroatoms. The second kappa shape index (κ2) is 9.44. The fourth-order valence-electron chi connectivity index (χ4n) is 5.79. The number of rotatable bonds is 3. The normalized spacial score (nSPS) is 17.6. The van der Waals surface area contributed by atoms with E-state index in [0.717, 1.165) is 0 Å². The Labute approximate surface area is 274 Å². The highest BCUT2D eigenvalue weighted by molar-refractivity contribution is 6.26. The lowest BCUT2D eigenvalue weighted by molar-refractivity contribution is 0.670. The number of fused-ring (bicyclic) bond motifs is 6. The van der Waals surface area contributed by atoms with E-state index in [1.807, 2.05) is 0 Å². The van der Waals surface area contributed by atoms with Crippen LogP contribution in [0.4, 0.5) is 0 Å². The van der Waals surface area contributed by atoms with Crippen molar-refractivity contribution in [2.75, 3.05) is 0 Å². The van der Waals surface area contributed by atoms with Gasteiger partial charge in [-0.25, -0.2) is 0 Å². The van der Waals surface area contributed by atoms with Gasteiger partial charge >= 0.3 is 0 Å². The van der Waals surface area contributed by atoms with Gasteiger partial charge in [-0.05, 0) is 78.3 Å². The van der Waals surface area contributed by atoms with E-state index in [1.165, 1.54) is 0 Å². The molecule has 0 aliphatic heterocycles. The summed E-state index contributed by atoms with van der Waals surface area (Å²) in [4.78, 5) is 0. The summed E-state index contributed by atoms with van der Waals surface area (Å²) in [5.41, 5.74) is -1.27. The molecule has 0 unspecified atom stereocenters. The molecule has 1 aromatic heterocycles. The van der Waals surface area contributed by atoms with Gasteiger partial charge in [0.2, 0.25) is 0 Å². The topological polar surface area (TPSA) is 13.1 Å². The zero-order valence-electron chi connectivity index (χ0n) is 40.0. The Hall–Kier alpha value is -5.66. The van der Waals surface area contributed by atoms with Crippen LogP contribution in [-0.4, -0.2) is 0 Å². The first-order chi connectivity index (χ1) is 28.8. The maximum Gasteiger partial charge on any atom is 0.143 e. The Morgan fingerprint density at radius 3 is 1.79 bits per heavy atom. The van der Waals surface area contributed by atoms with E-state index in [2.05, 4.69) is 0 Å². The van der Waals surface area contributed by atoms with Crippen molar-refractivity contribution in [3.63, 3.8) is 0 Å². The maximum atomic E-state index is 9.73. The molecule has 0 aliphatic carbocycles. The third kappa shape index (κ3) is 3.65. The number of para-hydroxylation sites is 1. The second-order valence-electron chi connectivity index (χ2n) is 9.85. The van der Waals surface area contributed by atoms with Crippen LogP contribution in [0.15, 0.2) is 162 Å². The predicted molar refractivity (Wildman–Crippen MR) is 183 cm³/mol. The van der Waals surface area contributed by atoms with Crippen LogP contribution in [0, 0.1) is 0 Å². The fourth-order valence-corrected chi connectivity index (χ4v) is 5.79. The first-order valence-corrected chi connectivity index (χ1v) is 13.3. The van der Waals surface area contributed by atoms with Crippen molar-refractivity contribution in [3.05, 3.63) is 157 Å². The van der Waals surface area contributed by atoms with Gasteiger partial charge in [-0.15, -0.1) is 0 Å². The van der Waals surface area contributed by atoms with Gasteiger partial charge in [0.15, 0.2) is 0 Å². The van der Waals surface area contributed by atoms with Crippen molar-refractivity contribution in [1.82, 2.24) is 0 Å². The minimum Gasteiger partial charge on any atom is -0.455 e. The minimum absolute atomic E-state index is 0.0650. The molecule has 1 nitrogen and oxygen atoms in total. The Bertz CT molecular complexity index is 3430. The van der Waals surface area contributed by atoms with Gasteiger partial charge < -0.3 is 4.42 Å². The van der Waals surface area contributed by atoms with E-state index in [9.17, 15) is 5.48 Å². The highest BCUT2D eigenvalue weighted by atomic mass is 16.3. The Morgan fingerprint density at radius 2 is 1.05 bits per heavy atom. The number of hydrogen-bond donors (Lipinski definition) is 0. The molecule has 0 bridgehead atoms. The lowest BCUT2D eigenvalue weighted by Gasteiger charge is -2.19. The Balaban J connectivity index is 1.54. The third-order valence-electron chi connectivity index (χ3n) is 7.56. The molecule has 9 aromatic rings. The van der Waals surface area contributed by atoms with E-state index < -0.39 is 120 Å². The highest BCUT2D eigenvalue weighted by Gasteiger charge is 2.22. The summed E-state index contributed by atoms with van der Waals surface area (Å²) in [7, 11) is 0. The average molecular weight is 565 g/mol. The molecule has 0 N–H and O–H groups in total. The largest absolute Gasteiger partial charge is 0.455 e. The van der Waals surface area contributed by atoms with E-state index in [4.69, 9.17) is 23.6 Å². The molecule has 200 valence electrons. The van der Waals surface area contributed by atoms with Crippen molar-refractivity contribution in [2.45, 2.75) is 0 Å². The monoisotopic (exact) mass is 564 g/mol. The fraction of sp³-hybridized carbons (Fsp3) is 0. The quantitative estimate of drug-likeness (QED) is 0.195. The van der Waals surface area contributed by atoms with E-state index in [0.29, 0.717) is 21.5 Å². The lowest BCUT2D eigenvalue weighted by Crippen LogP contribution is -1.92. The van der Waals surface area contributed by atoms with Crippen LogP contribution in [-0.2, 0) is 0 Å². The first kappa shape index (κ1) is 12.3. The van der Waals surface area contributed by atoms with Gasteiger partial charge in [0.1, 0.15) is 11.2 Å². The smallest absolute Gasteiger partial charge is 0.143 e.